The van der Waals surface area contributed by atoms with Gasteiger partial charge in [0.1, 0.15) is 11.5 Å². The van der Waals surface area contributed by atoms with E-state index in [2.05, 4.69) is 35.8 Å². The van der Waals surface area contributed by atoms with E-state index in [1.165, 1.54) is 151 Å². The minimum Gasteiger partial charge on any atom is -0.508 e. The smallest absolute Gasteiger partial charge is 0.119 e. The average Bonchev–Trinajstić information content (AvgIpc) is 3.03. The summed E-state index contributed by atoms with van der Waals surface area (Å²) in [7, 11) is 0. The van der Waals surface area contributed by atoms with Crippen molar-refractivity contribution < 1.29 is 10.2 Å². The van der Waals surface area contributed by atoms with Crippen molar-refractivity contribution in [1.29, 1.82) is 0 Å². The first kappa shape index (κ1) is 34.8. The van der Waals surface area contributed by atoms with Crippen LogP contribution in [0.3, 0.4) is 0 Å². The molecule has 0 saturated carbocycles. The Morgan fingerprint density at radius 1 is 0.523 bits per heavy atom. The number of hydrogen-bond donors (Lipinski definition) is 2. The van der Waals surface area contributed by atoms with E-state index >= 15 is 0 Å². The van der Waals surface area contributed by atoms with Gasteiger partial charge in [0.05, 0.1) is 0 Å². The van der Waals surface area contributed by atoms with Crippen LogP contribution >= 0.6 is 0 Å². The first-order valence-electron chi connectivity index (χ1n) is 18.7. The van der Waals surface area contributed by atoms with Crippen LogP contribution in [-0.4, -0.2) is 58.3 Å². The lowest BCUT2D eigenvalue weighted by atomic mass is 9.86. The average molecular weight is 605 g/mol. The second-order valence-electron chi connectivity index (χ2n) is 13.9. The van der Waals surface area contributed by atoms with Crippen LogP contribution < -0.4 is 0 Å². The lowest BCUT2D eigenvalue weighted by molar-refractivity contribution is 0.175. The number of aromatic hydroxyl groups is 2. The fraction of sp³-hybridized carbons (Fsp3) is 0.700. The zero-order valence-corrected chi connectivity index (χ0v) is 28.4. The summed E-state index contributed by atoms with van der Waals surface area (Å²) in [6, 6.07) is 13.4. The van der Waals surface area contributed by atoms with Crippen LogP contribution in [0.1, 0.15) is 139 Å². The summed E-state index contributed by atoms with van der Waals surface area (Å²) in [5.41, 5.74) is 5.12. The molecule has 4 heteroatoms. The largest absolute Gasteiger partial charge is 0.508 e. The van der Waals surface area contributed by atoms with Crippen LogP contribution in [0.5, 0.6) is 11.5 Å². The Bertz CT molecular complexity index is 1000. The van der Waals surface area contributed by atoms with Crippen LogP contribution in [-0.2, 0) is 25.7 Å². The normalized spacial score (nSPS) is 18.1. The molecule has 0 aromatic heterocycles. The monoisotopic (exact) mass is 604 g/mol. The minimum atomic E-state index is 0.498. The molecule has 0 unspecified atom stereocenters. The van der Waals surface area contributed by atoms with Crippen molar-refractivity contribution >= 4 is 0 Å². The first-order chi connectivity index (χ1) is 21.6. The van der Waals surface area contributed by atoms with E-state index in [0.717, 1.165) is 25.7 Å². The molecule has 2 N–H and O–H groups in total. The van der Waals surface area contributed by atoms with Crippen molar-refractivity contribution in [2.75, 3.05) is 26.2 Å². The van der Waals surface area contributed by atoms with Crippen LogP contribution in [0.2, 0.25) is 0 Å². The molecule has 0 aliphatic heterocycles. The van der Waals surface area contributed by atoms with E-state index in [9.17, 15) is 10.2 Å². The van der Waals surface area contributed by atoms with Crippen molar-refractivity contribution in [2.45, 2.75) is 154 Å². The number of phenols is 2. The SMILES string of the molecule is CCCN(CCCCCCCCCCCCCCN(CCC)[C@H]1CCc2c(O)cccc2C1)[C@H]1CCc2c(O)cccc2C1. The lowest BCUT2D eigenvalue weighted by Crippen LogP contribution is -2.40. The van der Waals surface area contributed by atoms with Gasteiger partial charge in [-0.1, -0.05) is 102 Å². The summed E-state index contributed by atoms with van der Waals surface area (Å²) in [6.45, 7) is 9.50. The third kappa shape index (κ3) is 10.8. The Labute approximate surface area is 270 Å². The Morgan fingerprint density at radius 2 is 0.886 bits per heavy atom. The summed E-state index contributed by atoms with van der Waals surface area (Å²) in [4.78, 5) is 5.49. The molecule has 0 radical (unpaired) electrons. The summed E-state index contributed by atoms with van der Waals surface area (Å²) >= 11 is 0. The molecule has 0 saturated heterocycles. The van der Waals surface area contributed by atoms with Gasteiger partial charge in [-0.15, -0.1) is 0 Å². The molecule has 0 amide bonds. The zero-order chi connectivity index (χ0) is 31.0. The number of hydrogen-bond acceptors (Lipinski definition) is 4. The number of phenolic OH excluding ortho intramolecular Hbond substituents is 2. The molecule has 0 fully saturated rings. The van der Waals surface area contributed by atoms with Crippen molar-refractivity contribution in [3.8, 4) is 11.5 Å². The topological polar surface area (TPSA) is 46.9 Å². The van der Waals surface area contributed by atoms with E-state index in [4.69, 9.17) is 0 Å². The van der Waals surface area contributed by atoms with Crippen LogP contribution in [0.15, 0.2) is 36.4 Å². The van der Waals surface area contributed by atoms with Crippen molar-refractivity contribution in [3.63, 3.8) is 0 Å². The molecule has 2 aliphatic carbocycles. The first-order valence-corrected chi connectivity index (χ1v) is 18.7. The van der Waals surface area contributed by atoms with Crippen molar-refractivity contribution in [3.05, 3.63) is 58.7 Å². The van der Waals surface area contributed by atoms with Gasteiger partial charge in [-0.25, -0.2) is 0 Å². The Hall–Kier alpha value is -2.04. The number of fused-ring (bicyclic) bond motifs is 2. The van der Waals surface area contributed by atoms with Gasteiger partial charge in [0.25, 0.3) is 0 Å². The van der Waals surface area contributed by atoms with E-state index in [1.807, 2.05) is 24.3 Å². The minimum absolute atomic E-state index is 0.498. The predicted molar refractivity (Wildman–Crippen MR) is 187 cm³/mol. The molecule has 2 atom stereocenters. The molecule has 0 bridgehead atoms. The van der Waals surface area contributed by atoms with Gasteiger partial charge in [0.15, 0.2) is 0 Å². The van der Waals surface area contributed by atoms with Gasteiger partial charge < -0.3 is 20.0 Å². The quantitative estimate of drug-likeness (QED) is 0.139. The molecule has 44 heavy (non-hydrogen) atoms. The standard InChI is InChI=1S/C40H64N2O2/c1-3-27-41(35-23-25-37-33(31-35)19-17-21-39(37)43)29-15-13-11-9-7-5-6-8-10-12-14-16-30-42(28-4-2)36-24-26-38-34(32-36)20-18-22-40(38)44/h17-22,35-36,43-44H,3-16,23-32H2,1-2H3/t35-,36-/m0/s1. The maximum absolute atomic E-state index is 10.2. The maximum atomic E-state index is 10.2. The number of unbranched alkanes of at least 4 members (excludes halogenated alkanes) is 11. The van der Waals surface area contributed by atoms with E-state index < -0.39 is 0 Å². The van der Waals surface area contributed by atoms with Gasteiger partial charge in [-0.3, -0.25) is 0 Å². The van der Waals surface area contributed by atoms with Gasteiger partial charge in [0.2, 0.25) is 0 Å². The summed E-state index contributed by atoms with van der Waals surface area (Å²) < 4.78 is 0. The van der Waals surface area contributed by atoms with E-state index in [-0.39, 0.29) is 0 Å². The molecule has 2 aromatic rings. The molecule has 0 spiro atoms. The Kier molecular flexibility index (Phi) is 15.4. The van der Waals surface area contributed by atoms with Gasteiger partial charge in [-0.2, -0.15) is 0 Å². The van der Waals surface area contributed by atoms with E-state index in [0.29, 0.717) is 23.6 Å². The highest BCUT2D eigenvalue weighted by molar-refractivity contribution is 5.42. The lowest BCUT2D eigenvalue weighted by Gasteiger charge is -2.35. The summed E-state index contributed by atoms with van der Waals surface area (Å²) in [5.74, 6) is 0.997. The van der Waals surface area contributed by atoms with Crippen LogP contribution in [0.25, 0.3) is 0 Å². The maximum Gasteiger partial charge on any atom is 0.119 e. The highest BCUT2D eigenvalue weighted by Gasteiger charge is 2.26. The molecule has 4 nitrogen and oxygen atoms in total. The van der Waals surface area contributed by atoms with Crippen molar-refractivity contribution in [2.24, 2.45) is 0 Å². The van der Waals surface area contributed by atoms with Gasteiger partial charge in [-0.05, 0) is 125 Å². The van der Waals surface area contributed by atoms with Gasteiger partial charge >= 0.3 is 0 Å². The fourth-order valence-corrected chi connectivity index (χ4v) is 8.08. The number of nitrogens with zero attached hydrogens (tertiary/aromatic N) is 2. The fourth-order valence-electron chi connectivity index (χ4n) is 8.08. The highest BCUT2D eigenvalue weighted by Crippen LogP contribution is 2.32. The molecular weight excluding hydrogens is 540 g/mol. The molecular formula is C40H64N2O2. The Balaban J connectivity index is 0.981. The third-order valence-electron chi connectivity index (χ3n) is 10.6. The van der Waals surface area contributed by atoms with Crippen LogP contribution in [0.4, 0.5) is 0 Å². The molecule has 4 rings (SSSR count). The summed E-state index contributed by atoms with van der Waals surface area (Å²) in [6.07, 6.45) is 25.7. The summed E-state index contributed by atoms with van der Waals surface area (Å²) in [5, 5.41) is 20.4. The molecule has 0 heterocycles. The zero-order valence-electron chi connectivity index (χ0n) is 28.4. The number of rotatable bonds is 21. The predicted octanol–water partition coefficient (Wildman–Crippen LogP) is 9.62. The van der Waals surface area contributed by atoms with Gasteiger partial charge in [0, 0.05) is 12.1 Å². The third-order valence-corrected chi connectivity index (χ3v) is 10.6. The molecule has 246 valence electrons. The highest BCUT2D eigenvalue weighted by atomic mass is 16.3. The Morgan fingerprint density at radius 3 is 1.25 bits per heavy atom. The van der Waals surface area contributed by atoms with Crippen LogP contribution in [0, 0.1) is 0 Å². The van der Waals surface area contributed by atoms with Crippen molar-refractivity contribution in [1.82, 2.24) is 9.80 Å². The second kappa shape index (κ2) is 19.5. The number of benzene rings is 2. The van der Waals surface area contributed by atoms with E-state index in [1.54, 1.807) is 0 Å². The molecule has 2 aliphatic rings. The molecule has 2 aromatic carbocycles. The second-order valence-corrected chi connectivity index (χ2v) is 13.9.